The SMILES string of the molecule is CCCC(C)(C)OP(=O)(OC(C)(C)C(C)(C)OP(=O)(OC(C)(C)C)SCCOC(=O)C(C)(C)CCN1CCN(C)CC1)SCCC#N. The van der Waals surface area contributed by atoms with Gasteiger partial charge in [0.05, 0.1) is 22.7 Å². The number of likely N-dealkylation sites (N-methyl/N-ethyl adjacent to an activating group) is 1. The lowest BCUT2D eigenvalue weighted by molar-refractivity contribution is -0.153. The maximum Gasteiger partial charge on any atom is 0.390 e. The number of nitrogens with zero attached hydrogens (tertiary/aromatic N) is 3. The summed E-state index contributed by atoms with van der Waals surface area (Å²) in [4.78, 5) is 17.7. The molecular formula is C32H63N3O8P2S2. The van der Waals surface area contributed by atoms with Crippen molar-refractivity contribution in [3.63, 3.8) is 0 Å². The molecule has 0 spiro atoms. The minimum absolute atomic E-state index is 0.0354. The highest BCUT2D eigenvalue weighted by molar-refractivity contribution is 8.55. The molecule has 1 aliphatic rings. The predicted molar refractivity (Wildman–Crippen MR) is 195 cm³/mol. The summed E-state index contributed by atoms with van der Waals surface area (Å²) in [5.74, 6) is 0.146. The maximum absolute atomic E-state index is 14.3. The van der Waals surface area contributed by atoms with Crippen LogP contribution >= 0.6 is 36.4 Å². The molecule has 0 saturated carbocycles. The first-order valence-electron chi connectivity index (χ1n) is 16.6. The Hall–Kier alpha value is -0.120. The molecule has 0 aliphatic carbocycles. The molecule has 0 amide bonds. The predicted octanol–water partition coefficient (Wildman–Crippen LogP) is 8.79. The molecular weight excluding hydrogens is 680 g/mol. The van der Waals surface area contributed by atoms with E-state index in [0.29, 0.717) is 12.8 Å². The molecule has 15 heteroatoms. The maximum atomic E-state index is 14.3. The first kappa shape index (κ1) is 44.9. The van der Waals surface area contributed by atoms with Crippen LogP contribution in [0.2, 0.25) is 0 Å². The van der Waals surface area contributed by atoms with Crippen molar-refractivity contribution >= 4 is 42.3 Å². The zero-order chi connectivity index (χ0) is 36.4. The van der Waals surface area contributed by atoms with Crippen LogP contribution in [0.25, 0.3) is 0 Å². The molecule has 2 unspecified atom stereocenters. The Morgan fingerprint density at radius 2 is 1.30 bits per heavy atom. The standard InChI is InChI=1S/C32H63N3O8P2S2/c1-14-16-30(7,8)41-45(38,46-25-15-18-33)43-32(11,12)31(9,10)42-44(37,40-28(2,3)4)47-26-24-39-27(36)29(5,6)17-19-35-22-20-34(13)21-23-35/h14-17,19-26H2,1-13H3. The highest BCUT2D eigenvalue weighted by atomic mass is 32.7. The van der Waals surface area contributed by atoms with E-state index in [0.717, 1.165) is 61.9 Å². The molecule has 1 saturated heterocycles. The van der Waals surface area contributed by atoms with Crippen LogP contribution in [0.4, 0.5) is 0 Å². The van der Waals surface area contributed by atoms with E-state index in [4.69, 9.17) is 28.1 Å². The topological polar surface area (TPSA) is 128 Å². The zero-order valence-electron chi connectivity index (χ0n) is 31.3. The van der Waals surface area contributed by atoms with Crippen LogP contribution in [0.1, 0.15) is 109 Å². The van der Waals surface area contributed by atoms with Gasteiger partial charge in [-0.3, -0.25) is 22.9 Å². The Kier molecular flexibility index (Phi) is 17.6. The monoisotopic (exact) mass is 743 g/mol. The average Bonchev–Trinajstić information content (AvgIpc) is 2.88. The normalized spacial score (nSPS) is 18.7. The molecule has 2 atom stereocenters. The highest BCUT2D eigenvalue weighted by Gasteiger charge is 2.51. The Bertz CT molecular complexity index is 1130. The molecule has 0 bridgehead atoms. The van der Waals surface area contributed by atoms with Crippen LogP contribution in [-0.2, 0) is 36.8 Å². The molecule has 1 heterocycles. The minimum Gasteiger partial charge on any atom is -0.464 e. The molecule has 11 nitrogen and oxygen atoms in total. The number of hydrogen-bond donors (Lipinski definition) is 0. The number of esters is 1. The number of hydrogen-bond acceptors (Lipinski definition) is 13. The zero-order valence-corrected chi connectivity index (χ0v) is 34.7. The quantitative estimate of drug-likeness (QED) is 0.0632. The van der Waals surface area contributed by atoms with Gasteiger partial charge in [-0.1, -0.05) is 13.3 Å². The summed E-state index contributed by atoms with van der Waals surface area (Å²) in [6, 6.07) is 2.07. The Morgan fingerprint density at radius 3 is 1.79 bits per heavy atom. The van der Waals surface area contributed by atoms with Gasteiger partial charge in [0.2, 0.25) is 0 Å². The second-order valence-electron chi connectivity index (χ2n) is 15.4. The first-order chi connectivity index (χ1) is 21.3. The van der Waals surface area contributed by atoms with Crippen molar-refractivity contribution in [3.05, 3.63) is 0 Å². The first-order valence-corrected chi connectivity index (χ1v) is 22.8. The number of rotatable bonds is 21. The average molecular weight is 744 g/mol. The van der Waals surface area contributed by atoms with Crippen molar-refractivity contribution in [2.24, 2.45) is 5.41 Å². The molecule has 0 aromatic carbocycles. The summed E-state index contributed by atoms with van der Waals surface area (Å²) in [6.07, 6.45) is 2.34. The van der Waals surface area contributed by atoms with Crippen molar-refractivity contribution in [1.82, 2.24) is 9.80 Å². The van der Waals surface area contributed by atoms with Crippen LogP contribution in [-0.4, -0.2) is 96.1 Å². The van der Waals surface area contributed by atoms with Crippen LogP contribution in [0, 0.1) is 16.7 Å². The minimum atomic E-state index is -3.88. The Labute approximate surface area is 293 Å². The Balaban J connectivity index is 2.99. The van der Waals surface area contributed by atoms with Gasteiger partial charge >= 0.3 is 19.6 Å². The van der Waals surface area contributed by atoms with Crippen molar-refractivity contribution < 1.29 is 36.8 Å². The second kappa shape index (κ2) is 18.4. The van der Waals surface area contributed by atoms with Gasteiger partial charge in [0, 0.05) is 44.1 Å². The van der Waals surface area contributed by atoms with Gasteiger partial charge in [0.25, 0.3) is 0 Å². The van der Waals surface area contributed by atoms with Gasteiger partial charge in [-0.25, -0.2) is 9.13 Å². The molecule has 47 heavy (non-hydrogen) atoms. The summed E-state index contributed by atoms with van der Waals surface area (Å²) in [5.41, 5.74) is -4.77. The number of carbonyl (C=O) groups is 1. The third kappa shape index (κ3) is 16.6. The fraction of sp³-hybridized carbons (Fsp3) is 0.938. The molecule has 1 rings (SSSR count). The highest BCUT2D eigenvalue weighted by Crippen LogP contribution is 2.69. The molecule has 0 aromatic heterocycles. The number of piperazine rings is 1. The van der Waals surface area contributed by atoms with E-state index in [9.17, 15) is 13.9 Å². The van der Waals surface area contributed by atoms with E-state index in [1.54, 1.807) is 48.5 Å². The molecule has 1 aliphatic heterocycles. The van der Waals surface area contributed by atoms with Crippen LogP contribution in [0.15, 0.2) is 0 Å². The molecule has 1 fully saturated rings. The largest absolute Gasteiger partial charge is 0.464 e. The van der Waals surface area contributed by atoms with E-state index in [1.165, 1.54) is 0 Å². The van der Waals surface area contributed by atoms with Gasteiger partial charge in [-0.2, -0.15) is 5.26 Å². The third-order valence-corrected chi connectivity index (χ3v) is 16.1. The van der Waals surface area contributed by atoms with Crippen LogP contribution < -0.4 is 0 Å². The van der Waals surface area contributed by atoms with E-state index < -0.39 is 41.4 Å². The second-order valence-corrected chi connectivity index (χ2v) is 23.5. The van der Waals surface area contributed by atoms with E-state index in [1.807, 2.05) is 34.6 Å². The van der Waals surface area contributed by atoms with Gasteiger partial charge in [0.15, 0.2) is 0 Å². The molecule has 0 radical (unpaired) electrons. The lowest BCUT2D eigenvalue weighted by Crippen LogP contribution is -2.48. The molecule has 276 valence electrons. The molecule has 0 N–H and O–H groups in total. The summed E-state index contributed by atoms with van der Waals surface area (Å²) >= 11 is 1.94. The summed E-state index contributed by atoms with van der Waals surface area (Å²) in [6.45, 7) is 18.9. The molecule has 0 aromatic rings. The number of ether oxygens (including phenoxy) is 1. The van der Waals surface area contributed by atoms with Gasteiger partial charge in [-0.05, 0) is 125 Å². The lowest BCUT2D eigenvalue weighted by Gasteiger charge is -2.44. The summed E-state index contributed by atoms with van der Waals surface area (Å²) in [5, 5.41) is 9.07. The fourth-order valence-corrected chi connectivity index (χ4v) is 13.4. The van der Waals surface area contributed by atoms with Crippen molar-refractivity contribution in [2.45, 2.75) is 131 Å². The van der Waals surface area contributed by atoms with Gasteiger partial charge < -0.3 is 14.5 Å². The number of nitriles is 1. The van der Waals surface area contributed by atoms with Gasteiger partial charge in [-0.15, -0.1) is 0 Å². The smallest absolute Gasteiger partial charge is 0.390 e. The number of carbonyl (C=O) groups excluding carboxylic acids is 1. The third-order valence-electron chi connectivity index (χ3n) is 7.96. The van der Waals surface area contributed by atoms with Crippen LogP contribution in [0.5, 0.6) is 0 Å². The van der Waals surface area contributed by atoms with Crippen molar-refractivity contribution in [2.75, 3.05) is 57.9 Å². The Morgan fingerprint density at radius 1 is 0.787 bits per heavy atom. The lowest BCUT2D eigenvalue weighted by atomic mass is 9.89. The fourth-order valence-electron chi connectivity index (χ4n) is 4.50. The van der Waals surface area contributed by atoms with Crippen LogP contribution in [0.3, 0.4) is 0 Å². The summed E-state index contributed by atoms with van der Waals surface area (Å²) in [7, 11) is 2.12. The van der Waals surface area contributed by atoms with Gasteiger partial charge in [0.1, 0.15) is 17.8 Å². The summed E-state index contributed by atoms with van der Waals surface area (Å²) < 4.78 is 58.8. The van der Waals surface area contributed by atoms with Crippen molar-refractivity contribution in [3.8, 4) is 6.07 Å². The van der Waals surface area contributed by atoms with E-state index in [2.05, 4.69) is 22.9 Å². The van der Waals surface area contributed by atoms with E-state index >= 15 is 0 Å². The van der Waals surface area contributed by atoms with E-state index in [-0.39, 0.29) is 30.5 Å². The van der Waals surface area contributed by atoms with Crippen molar-refractivity contribution in [1.29, 1.82) is 5.26 Å².